The van der Waals surface area contributed by atoms with Crippen LogP contribution in [0.2, 0.25) is 0 Å². The van der Waals surface area contributed by atoms with Crippen LogP contribution in [0.15, 0.2) is 46.9 Å². The molecule has 0 atom stereocenters. The lowest BCUT2D eigenvalue weighted by Gasteiger charge is -2.26. The molecule has 4 rings (SSSR count). The average Bonchev–Trinajstić information content (AvgIpc) is 3.08. The van der Waals surface area contributed by atoms with Gasteiger partial charge in [0.15, 0.2) is 5.82 Å². The number of oxazole rings is 1. The topological polar surface area (TPSA) is 93.6 Å². The van der Waals surface area contributed by atoms with Gasteiger partial charge in [-0.1, -0.05) is 6.07 Å². The summed E-state index contributed by atoms with van der Waals surface area (Å²) in [6.45, 7) is 2.17. The Morgan fingerprint density at radius 3 is 2.38 bits per heavy atom. The minimum Gasteiger partial charge on any atom is -0.418 e. The first-order valence-electron chi connectivity index (χ1n) is 8.98. The second-order valence-corrected chi connectivity index (χ2v) is 6.44. The van der Waals surface area contributed by atoms with Gasteiger partial charge in [0.25, 0.3) is 5.91 Å². The summed E-state index contributed by atoms with van der Waals surface area (Å²) in [7, 11) is 0. The molecule has 2 aromatic carbocycles. The number of nitrogens with two attached hydrogens (primary N) is 1. The second kappa shape index (κ2) is 7.88. The molecule has 1 aliphatic rings. The molecule has 0 unspecified atom stereocenters. The summed E-state index contributed by atoms with van der Waals surface area (Å²) in [6.07, 6.45) is 0. The minimum atomic E-state index is -0.802. The molecule has 150 valence electrons. The number of nitrogens with zero attached hydrogens (tertiary/aromatic N) is 2. The highest BCUT2D eigenvalue weighted by Gasteiger charge is 2.20. The fraction of sp³-hybridized carbons (Fsp3) is 0.200. The quantitative estimate of drug-likeness (QED) is 0.697. The number of hydrogen-bond donors (Lipinski definition) is 2. The molecule has 3 N–H and O–H groups in total. The van der Waals surface area contributed by atoms with Crippen LogP contribution in [0.1, 0.15) is 10.4 Å². The first-order valence-corrected chi connectivity index (χ1v) is 8.98. The van der Waals surface area contributed by atoms with Gasteiger partial charge in [-0.2, -0.15) is 4.98 Å². The lowest BCUT2D eigenvalue weighted by atomic mass is 10.1. The Balaban J connectivity index is 1.51. The third-order valence-electron chi connectivity index (χ3n) is 4.52. The van der Waals surface area contributed by atoms with Crippen LogP contribution in [0.3, 0.4) is 0 Å². The van der Waals surface area contributed by atoms with E-state index >= 15 is 0 Å². The Labute approximate surface area is 165 Å². The van der Waals surface area contributed by atoms with Crippen LogP contribution in [0.25, 0.3) is 11.5 Å². The summed E-state index contributed by atoms with van der Waals surface area (Å²) in [4.78, 5) is 18.1. The van der Waals surface area contributed by atoms with Crippen LogP contribution in [-0.4, -0.2) is 42.1 Å². The van der Waals surface area contributed by atoms with Crippen LogP contribution in [-0.2, 0) is 4.74 Å². The van der Waals surface area contributed by atoms with Gasteiger partial charge in [0, 0.05) is 24.3 Å². The van der Waals surface area contributed by atoms with Crippen molar-refractivity contribution in [2.75, 3.05) is 37.4 Å². The monoisotopic (exact) mass is 400 g/mol. The number of nitrogen functional groups attached to an aromatic ring is 1. The molecule has 1 fully saturated rings. The van der Waals surface area contributed by atoms with Gasteiger partial charge >= 0.3 is 0 Å². The molecule has 29 heavy (non-hydrogen) atoms. The standard InChI is InChI=1S/C20H18F2N4O3/c21-14-2-1-3-15(22)16(14)18-25-17(23)19(29-18)24-13-6-4-12(5-7-13)20(27)26-8-10-28-11-9-26/h1-7,24H,8-11,23H2. The van der Waals surface area contributed by atoms with Crippen molar-refractivity contribution in [2.24, 2.45) is 0 Å². The summed E-state index contributed by atoms with van der Waals surface area (Å²) in [5, 5.41) is 2.90. The van der Waals surface area contributed by atoms with Crippen LogP contribution in [0.5, 0.6) is 0 Å². The van der Waals surface area contributed by atoms with E-state index in [4.69, 9.17) is 14.9 Å². The maximum atomic E-state index is 13.9. The summed E-state index contributed by atoms with van der Waals surface area (Å²) >= 11 is 0. The molecule has 9 heteroatoms. The Hall–Kier alpha value is -3.46. The van der Waals surface area contributed by atoms with Gasteiger partial charge in [-0.15, -0.1) is 0 Å². The van der Waals surface area contributed by atoms with Crippen molar-refractivity contribution in [3.63, 3.8) is 0 Å². The number of benzene rings is 2. The number of rotatable bonds is 4. The number of aromatic nitrogens is 1. The van der Waals surface area contributed by atoms with Gasteiger partial charge in [-0.05, 0) is 36.4 Å². The van der Waals surface area contributed by atoms with E-state index in [1.54, 1.807) is 29.2 Å². The molecule has 0 bridgehead atoms. The predicted molar refractivity (Wildman–Crippen MR) is 103 cm³/mol. The van der Waals surface area contributed by atoms with E-state index in [1.165, 1.54) is 6.07 Å². The van der Waals surface area contributed by atoms with E-state index in [9.17, 15) is 13.6 Å². The fourth-order valence-corrected chi connectivity index (χ4v) is 3.01. The van der Waals surface area contributed by atoms with E-state index in [1.807, 2.05) is 0 Å². The van der Waals surface area contributed by atoms with Gasteiger partial charge in [0.1, 0.15) is 17.2 Å². The van der Waals surface area contributed by atoms with Crippen molar-refractivity contribution < 1.29 is 22.7 Å². The number of morpholine rings is 1. The van der Waals surface area contributed by atoms with Crippen molar-refractivity contribution in [1.29, 1.82) is 0 Å². The predicted octanol–water partition coefficient (Wildman–Crippen LogP) is 3.42. The second-order valence-electron chi connectivity index (χ2n) is 6.44. The number of amides is 1. The van der Waals surface area contributed by atoms with E-state index < -0.39 is 17.2 Å². The van der Waals surface area contributed by atoms with Crippen molar-refractivity contribution >= 4 is 23.3 Å². The number of carbonyl (C=O) groups is 1. The maximum Gasteiger partial charge on any atom is 0.254 e. The number of anilines is 3. The van der Waals surface area contributed by atoms with Crippen LogP contribution >= 0.6 is 0 Å². The molecule has 1 aliphatic heterocycles. The third-order valence-corrected chi connectivity index (χ3v) is 4.52. The number of hydrogen-bond acceptors (Lipinski definition) is 6. The summed E-state index contributed by atoms with van der Waals surface area (Å²) in [6, 6.07) is 10.2. The smallest absolute Gasteiger partial charge is 0.254 e. The minimum absolute atomic E-state index is 0.0453. The molecular formula is C20H18F2N4O3. The number of halogens is 2. The van der Waals surface area contributed by atoms with E-state index in [0.29, 0.717) is 37.6 Å². The largest absolute Gasteiger partial charge is 0.418 e. The first kappa shape index (κ1) is 18.9. The number of ether oxygens (including phenoxy) is 1. The molecule has 0 saturated carbocycles. The molecule has 0 radical (unpaired) electrons. The molecule has 1 saturated heterocycles. The lowest BCUT2D eigenvalue weighted by molar-refractivity contribution is 0.0303. The molecule has 1 amide bonds. The summed E-state index contributed by atoms with van der Waals surface area (Å²) < 4.78 is 38.5. The third kappa shape index (κ3) is 3.90. The van der Waals surface area contributed by atoms with E-state index in [0.717, 1.165) is 12.1 Å². The highest BCUT2D eigenvalue weighted by Crippen LogP contribution is 2.32. The van der Waals surface area contributed by atoms with Crippen molar-refractivity contribution in [1.82, 2.24) is 9.88 Å². The highest BCUT2D eigenvalue weighted by atomic mass is 19.1. The lowest BCUT2D eigenvalue weighted by Crippen LogP contribution is -2.40. The maximum absolute atomic E-state index is 13.9. The van der Waals surface area contributed by atoms with Crippen LogP contribution < -0.4 is 11.1 Å². The summed E-state index contributed by atoms with van der Waals surface area (Å²) in [5.74, 6) is -1.94. The normalized spacial score (nSPS) is 14.1. The van der Waals surface area contributed by atoms with E-state index in [-0.39, 0.29) is 23.5 Å². The molecule has 0 spiro atoms. The zero-order chi connectivity index (χ0) is 20.4. The zero-order valence-electron chi connectivity index (χ0n) is 15.3. The van der Waals surface area contributed by atoms with Crippen LogP contribution in [0.4, 0.5) is 26.2 Å². The van der Waals surface area contributed by atoms with Crippen molar-refractivity contribution in [3.05, 3.63) is 59.7 Å². The van der Waals surface area contributed by atoms with Gasteiger partial charge in [0.05, 0.1) is 13.2 Å². The van der Waals surface area contributed by atoms with Crippen molar-refractivity contribution in [2.45, 2.75) is 0 Å². The Bertz CT molecular complexity index is 1010. The van der Waals surface area contributed by atoms with Crippen molar-refractivity contribution in [3.8, 4) is 11.5 Å². The van der Waals surface area contributed by atoms with Gasteiger partial charge in [-0.25, -0.2) is 8.78 Å². The zero-order valence-corrected chi connectivity index (χ0v) is 15.3. The first-order chi connectivity index (χ1) is 14.0. The SMILES string of the molecule is Nc1nc(-c2c(F)cccc2F)oc1Nc1ccc(C(=O)N2CCOCC2)cc1. The highest BCUT2D eigenvalue weighted by molar-refractivity contribution is 5.94. The molecule has 3 aromatic rings. The molecule has 0 aliphatic carbocycles. The number of carbonyl (C=O) groups excluding carboxylic acids is 1. The Morgan fingerprint density at radius 1 is 1.07 bits per heavy atom. The summed E-state index contributed by atoms with van der Waals surface area (Å²) in [5.41, 5.74) is 6.54. The molecule has 1 aromatic heterocycles. The van der Waals surface area contributed by atoms with Gasteiger partial charge in [-0.3, -0.25) is 4.79 Å². The Kier molecular flexibility index (Phi) is 5.13. The average molecular weight is 400 g/mol. The van der Waals surface area contributed by atoms with Gasteiger partial charge < -0.3 is 25.1 Å². The Morgan fingerprint density at radius 2 is 1.72 bits per heavy atom. The fourth-order valence-electron chi connectivity index (χ4n) is 3.01. The molecular weight excluding hydrogens is 382 g/mol. The number of nitrogens with one attached hydrogen (secondary N) is 1. The molecule has 2 heterocycles. The van der Waals surface area contributed by atoms with Crippen LogP contribution in [0, 0.1) is 11.6 Å². The van der Waals surface area contributed by atoms with E-state index in [2.05, 4.69) is 10.3 Å². The van der Waals surface area contributed by atoms with Gasteiger partial charge in [0.2, 0.25) is 11.8 Å². The molecule has 7 nitrogen and oxygen atoms in total.